The van der Waals surface area contributed by atoms with Crippen molar-refractivity contribution in [3.05, 3.63) is 28.8 Å². The van der Waals surface area contributed by atoms with Gasteiger partial charge in [0.2, 0.25) is 0 Å². The Hall–Kier alpha value is -1.50. The molecule has 0 aromatic heterocycles. The van der Waals surface area contributed by atoms with Crippen molar-refractivity contribution in [3.63, 3.8) is 0 Å². The van der Waals surface area contributed by atoms with Gasteiger partial charge in [-0.25, -0.2) is 0 Å². The summed E-state index contributed by atoms with van der Waals surface area (Å²) in [5.74, 6) is -0.0365. The van der Waals surface area contributed by atoms with E-state index in [0.717, 1.165) is 0 Å². The molecule has 4 N–H and O–H groups in total. The molecule has 0 saturated heterocycles. The molecule has 0 aliphatic carbocycles. The van der Waals surface area contributed by atoms with E-state index >= 15 is 0 Å². The van der Waals surface area contributed by atoms with Crippen LogP contribution in [0.5, 0.6) is 0 Å². The van der Waals surface area contributed by atoms with Crippen molar-refractivity contribution in [2.45, 2.75) is 6.10 Å². The summed E-state index contributed by atoms with van der Waals surface area (Å²) < 4.78 is 4.87. The van der Waals surface area contributed by atoms with Crippen LogP contribution in [0.3, 0.4) is 0 Å². The highest BCUT2D eigenvalue weighted by molar-refractivity contribution is 6.31. The van der Waals surface area contributed by atoms with Crippen molar-refractivity contribution in [2.24, 2.45) is 10.9 Å². The van der Waals surface area contributed by atoms with Gasteiger partial charge in [0.05, 0.1) is 12.7 Å². The van der Waals surface area contributed by atoms with Gasteiger partial charge in [0.1, 0.15) is 0 Å². The van der Waals surface area contributed by atoms with Crippen LogP contribution < -0.4 is 10.6 Å². The van der Waals surface area contributed by atoms with Crippen molar-refractivity contribution in [3.8, 4) is 0 Å². The largest absolute Gasteiger partial charge is 0.409 e. The number of oxime groups is 1. The van der Waals surface area contributed by atoms with Gasteiger partial charge in [-0.1, -0.05) is 16.8 Å². The molecule has 6 nitrogen and oxygen atoms in total. The standard InChI is InChI=1S/C12H18ClN3O3/c1-16(6-9(17)7-19-2)11-4-3-8(13)5-10(11)12(14)15-18/h3-5,9,17-18H,6-7H2,1-2H3,(H2,14,15). The fourth-order valence-corrected chi connectivity index (χ4v) is 1.93. The molecule has 0 fully saturated rings. The molecule has 0 amide bonds. The smallest absolute Gasteiger partial charge is 0.172 e. The van der Waals surface area contributed by atoms with E-state index in [1.165, 1.54) is 7.11 Å². The lowest BCUT2D eigenvalue weighted by molar-refractivity contribution is 0.0695. The second-order valence-electron chi connectivity index (χ2n) is 4.14. The Kier molecular flexibility index (Phi) is 5.88. The summed E-state index contributed by atoms with van der Waals surface area (Å²) in [6, 6.07) is 5.05. The number of amidine groups is 1. The molecule has 0 aliphatic rings. The van der Waals surface area contributed by atoms with Crippen molar-refractivity contribution in [1.82, 2.24) is 0 Å². The van der Waals surface area contributed by atoms with Gasteiger partial charge in [-0.3, -0.25) is 0 Å². The third-order valence-electron chi connectivity index (χ3n) is 2.60. The van der Waals surface area contributed by atoms with Crippen LogP contribution in [0.15, 0.2) is 23.4 Å². The lowest BCUT2D eigenvalue weighted by atomic mass is 10.1. The van der Waals surface area contributed by atoms with Crippen LogP contribution in [0.1, 0.15) is 5.56 Å². The van der Waals surface area contributed by atoms with Gasteiger partial charge in [-0.2, -0.15) is 0 Å². The first-order chi connectivity index (χ1) is 8.99. The first-order valence-electron chi connectivity index (χ1n) is 5.65. The van der Waals surface area contributed by atoms with Crippen LogP contribution in [-0.2, 0) is 4.74 Å². The Morgan fingerprint density at radius 3 is 2.84 bits per heavy atom. The minimum absolute atomic E-state index is 0.0365. The maximum Gasteiger partial charge on any atom is 0.172 e. The number of halogens is 1. The zero-order chi connectivity index (χ0) is 14.4. The number of methoxy groups -OCH3 is 1. The number of ether oxygens (including phenoxy) is 1. The molecule has 1 atom stereocenters. The number of likely N-dealkylation sites (N-methyl/N-ethyl adjacent to an activating group) is 1. The Morgan fingerprint density at radius 2 is 2.26 bits per heavy atom. The predicted octanol–water partition coefficient (Wildman–Crippen LogP) is 0.878. The number of anilines is 1. The molecule has 0 heterocycles. The Bertz CT molecular complexity index is 454. The lowest BCUT2D eigenvalue weighted by Gasteiger charge is -2.24. The Balaban J connectivity index is 2.99. The first kappa shape index (κ1) is 15.6. The quantitative estimate of drug-likeness (QED) is 0.313. The summed E-state index contributed by atoms with van der Waals surface area (Å²) in [5, 5.41) is 22.0. The normalized spacial score (nSPS) is 13.4. The highest BCUT2D eigenvalue weighted by Gasteiger charge is 2.14. The van der Waals surface area contributed by atoms with Crippen molar-refractivity contribution in [1.29, 1.82) is 0 Å². The second kappa shape index (κ2) is 7.18. The molecule has 0 saturated carbocycles. The van der Waals surface area contributed by atoms with Gasteiger partial charge in [-0.05, 0) is 18.2 Å². The molecular weight excluding hydrogens is 270 g/mol. The van der Waals surface area contributed by atoms with Gasteiger partial charge < -0.3 is 25.7 Å². The summed E-state index contributed by atoms with van der Waals surface area (Å²) in [7, 11) is 3.31. The van der Waals surface area contributed by atoms with Crippen LogP contribution in [0.25, 0.3) is 0 Å². The van der Waals surface area contributed by atoms with Crippen molar-refractivity contribution in [2.75, 3.05) is 32.2 Å². The number of aliphatic hydroxyl groups excluding tert-OH is 1. The molecule has 1 aromatic carbocycles. The third-order valence-corrected chi connectivity index (χ3v) is 2.83. The number of benzene rings is 1. The molecule has 0 aliphatic heterocycles. The summed E-state index contributed by atoms with van der Waals surface area (Å²) >= 11 is 5.90. The van der Waals surface area contributed by atoms with E-state index in [1.807, 2.05) is 0 Å². The molecular formula is C12H18ClN3O3. The molecule has 1 aromatic rings. The fraction of sp³-hybridized carbons (Fsp3) is 0.417. The molecule has 1 unspecified atom stereocenters. The van der Waals surface area contributed by atoms with E-state index in [1.54, 1.807) is 30.1 Å². The van der Waals surface area contributed by atoms with Crippen LogP contribution in [0.2, 0.25) is 5.02 Å². The zero-order valence-electron chi connectivity index (χ0n) is 10.9. The fourth-order valence-electron chi connectivity index (χ4n) is 1.76. The number of hydrogen-bond acceptors (Lipinski definition) is 5. The van der Waals surface area contributed by atoms with Crippen LogP contribution in [0, 0.1) is 0 Å². The molecule has 19 heavy (non-hydrogen) atoms. The van der Waals surface area contributed by atoms with E-state index in [2.05, 4.69) is 5.16 Å². The lowest BCUT2D eigenvalue weighted by Crippen LogP contribution is -2.33. The first-order valence-corrected chi connectivity index (χ1v) is 6.03. The summed E-state index contributed by atoms with van der Waals surface area (Å²) in [6.45, 7) is 0.581. The van der Waals surface area contributed by atoms with Crippen molar-refractivity contribution < 1.29 is 15.1 Å². The zero-order valence-corrected chi connectivity index (χ0v) is 11.6. The van der Waals surface area contributed by atoms with Crippen LogP contribution in [-0.4, -0.2) is 49.6 Å². The molecule has 0 radical (unpaired) electrons. The number of hydrogen-bond donors (Lipinski definition) is 3. The average molecular weight is 288 g/mol. The summed E-state index contributed by atoms with van der Waals surface area (Å²) in [4.78, 5) is 1.79. The monoisotopic (exact) mass is 287 g/mol. The molecule has 106 valence electrons. The molecule has 0 spiro atoms. The van der Waals surface area contributed by atoms with E-state index in [-0.39, 0.29) is 12.4 Å². The van der Waals surface area contributed by atoms with Gasteiger partial charge in [-0.15, -0.1) is 0 Å². The average Bonchev–Trinajstić information content (AvgIpc) is 2.37. The minimum atomic E-state index is -0.634. The van der Waals surface area contributed by atoms with Crippen molar-refractivity contribution >= 4 is 23.1 Å². The molecule has 7 heteroatoms. The molecule has 1 rings (SSSR count). The summed E-state index contributed by atoms with van der Waals surface area (Å²) in [6.07, 6.45) is -0.634. The number of rotatable bonds is 6. The summed E-state index contributed by atoms with van der Waals surface area (Å²) in [5.41, 5.74) is 6.82. The maximum absolute atomic E-state index is 9.72. The van der Waals surface area contributed by atoms with E-state index < -0.39 is 6.10 Å². The Labute approximate surface area is 117 Å². The highest BCUT2D eigenvalue weighted by Crippen LogP contribution is 2.23. The highest BCUT2D eigenvalue weighted by atomic mass is 35.5. The second-order valence-corrected chi connectivity index (χ2v) is 4.57. The number of nitrogens with zero attached hydrogens (tertiary/aromatic N) is 2. The van der Waals surface area contributed by atoms with Crippen LogP contribution >= 0.6 is 11.6 Å². The number of nitrogens with two attached hydrogens (primary N) is 1. The Morgan fingerprint density at radius 1 is 1.58 bits per heavy atom. The van der Waals surface area contributed by atoms with E-state index in [9.17, 15) is 5.11 Å². The van der Waals surface area contributed by atoms with Crippen LogP contribution in [0.4, 0.5) is 5.69 Å². The molecule has 0 bridgehead atoms. The maximum atomic E-state index is 9.72. The van der Waals surface area contributed by atoms with Gasteiger partial charge in [0.15, 0.2) is 5.84 Å². The van der Waals surface area contributed by atoms with Gasteiger partial charge in [0.25, 0.3) is 0 Å². The third kappa shape index (κ3) is 4.27. The number of aliphatic hydroxyl groups is 1. The minimum Gasteiger partial charge on any atom is -0.409 e. The van der Waals surface area contributed by atoms with E-state index in [4.69, 9.17) is 27.3 Å². The SMILES string of the molecule is COCC(O)CN(C)c1ccc(Cl)cc1C(N)=NO. The van der Waals surface area contributed by atoms with E-state index in [0.29, 0.717) is 22.8 Å². The predicted molar refractivity (Wildman–Crippen MR) is 75.1 cm³/mol. The topological polar surface area (TPSA) is 91.3 Å². The van der Waals surface area contributed by atoms with Gasteiger partial charge in [0, 0.05) is 37.0 Å². The van der Waals surface area contributed by atoms with Gasteiger partial charge >= 0.3 is 0 Å².